The smallest absolute Gasteiger partial charge is 0.249 e. The topological polar surface area (TPSA) is 61.4 Å². The molecule has 3 rings (SSSR count). The second kappa shape index (κ2) is 6.22. The van der Waals surface area contributed by atoms with Gasteiger partial charge in [-0.25, -0.2) is 4.39 Å². The molecule has 2 N–H and O–H groups in total. The second-order valence-corrected chi connectivity index (χ2v) is 5.99. The minimum Gasteiger partial charge on any atom is -0.343 e. The summed E-state index contributed by atoms with van der Waals surface area (Å²) in [6.07, 6.45) is 2.27. The molecule has 2 unspecified atom stereocenters. The number of anilines is 1. The maximum absolute atomic E-state index is 13.5. The van der Waals surface area contributed by atoms with E-state index in [2.05, 4.69) is 10.6 Å². The normalized spacial score (nSPS) is 24.8. The molecular weight excluding hydrogens is 309 g/mol. The summed E-state index contributed by atoms with van der Waals surface area (Å²) in [5.41, 5.74) is 0.461. The molecule has 2 atom stereocenters. The van der Waals surface area contributed by atoms with Gasteiger partial charge in [0, 0.05) is 12.2 Å². The van der Waals surface area contributed by atoms with Crippen LogP contribution < -0.4 is 15.5 Å². The lowest BCUT2D eigenvalue weighted by Gasteiger charge is -2.18. The molecule has 0 spiro atoms. The first kappa shape index (κ1) is 15.2. The SMILES string of the molecule is O=C(NC1CCN(c2ccc(Cl)c(F)c2)C1=O)C1CCCN1. The zero-order valence-corrected chi connectivity index (χ0v) is 12.7. The van der Waals surface area contributed by atoms with Crippen LogP contribution in [0.3, 0.4) is 0 Å². The molecule has 0 aromatic heterocycles. The first-order valence-electron chi connectivity index (χ1n) is 7.36. The maximum atomic E-state index is 13.5. The Kier molecular flexibility index (Phi) is 4.31. The van der Waals surface area contributed by atoms with Gasteiger partial charge in [0.15, 0.2) is 0 Å². The molecule has 118 valence electrons. The molecule has 2 aliphatic rings. The molecule has 2 heterocycles. The molecule has 2 fully saturated rings. The van der Waals surface area contributed by atoms with Gasteiger partial charge in [-0.05, 0) is 44.0 Å². The van der Waals surface area contributed by atoms with E-state index in [1.807, 2.05) is 0 Å². The van der Waals surface area contributed by atoms with E-state index in [9.17, 15) is 14.0 Å². The number of halogens is 2. The number of amides is 2. The number of rotatable bonds is 3. The van der Waals surface area contributed by atoms with Crippen molar-refractivity contribution in [3.05, 3.63) is 29.0 Å². The number of carbonyl (C=O) groups excluding carboxylic acids is 2. The van der Waals surface area contributed by atoms with Crippen LogP contribution in [0.5, 0.6) is 0 Å². The summed E-state index contributed by atoms with van der Waals surface area (Å²) in [6.45, 7) is 1.27. The van der Waals surface area contributed by atoms with Gasteiger partial charge >= 0.3 is 0 Å². The third kappa shape index (κ3) is 2.94. The molecular formula is C15H17ClFN3O2. The molecule has 0 bridgehead atoms. The Morgan fingerprint density at radius 3 is 2.91 bits per heavy atom. The number of hydrogen-bond acceptors (Lipinski definition) is 3. The van der Waals surface area contributed by atoms with Crippen LogP contribution in [0, 0.1) is 5.82 Å². The van der Waals surface area contributed by atoms with Crippen LogP contribution in [0.1, 0.15) is 19.3 Å². The zero-order chi connectivity index (χ0) is 15.7. The molecule has 0 radical (unpaired) electrons. The Balaban J connectivity index is 1.66. The Hall–Kier alpha value is -1.66. The van der Waals surface area contributed by atoms with Gasteiger partial charge in [-0.1, -0.05) is 11.6 Å². The fourth-order valence-corrected chi connectivity index (χ4v) is 3.02. The van der Waals surface area contributed by atoms with Crippen LogP contribution in [0.4, 0.5) is 10.1 Å². The summed E-state index contributed by atoms with van der Waals surface area (Å²) in [5.74, 6) is -0.914. The van der Waals surface area contributed by atoms with E-state index in [0.29, 0.717) is 18.7 Å². The van der Waals surface area contributed by atoms with Gasteiger partial charge in [-0.15, -0.1) is 0 Å². The highest BCUT2D eigenvalue weighted by molar-refractivity contribution is 6.30. The van der Waals surface area contributed by atoms with Crippen molar-refractivity contribution < 1.29 is 14.0 Å². The van der Waals surface area contributed by atoms with E-state index in [1.165, 1.54) is 17.0 Å². The number of carbonyl (C=O) groups is 2. The maximum Gasteiger partial charge on any atom is 0.249 e. The Morgan fingerprint density at radius 2 is 2.23 bits per heavy atom. The summed E-state index contributed by atoms with van der Waals surface area (Å²) in [7, 11) is 0. The first-order chi connectivity index (χ1) is 10.6. The molecule has 0 saturated carbocycles. The first-order valence-corrected chi connectivity index (χ1v) is 7.74. The van der Waals surface area contributed by atoms with Gasteiger partial charge in [0.05, 0.1) is 11.1 Å². The monoisotopic (exact) mass is 325 g/mol. The van der Waals surface area contributed by atoms with Gasteiger partial charge in [0.2, 0.25) is 11.8 Å². The van der Waals surface area contributed by atoms with Crippen molar-refractivity contribution >= 4 is 29.1 Å². The highest BCUT2D eigenvalue weighted by atomic mass is 35.5. The largest absolute Gasteiger partial charge is 0.343 e. The lowest BCUT2D eigenvalue weighted by molar-refractivity contribution is -0.127. The van der Waals surface area contributed by atoms with Crippen molar-refractivity contribution in [2.24, 2.45) is 0 Å². The summed E-state index contributed by atoms with van der Waals surface area (Å²) in [4.78, 5) is 25.9. The standard InChI is InChI=1S/C15H17ClFN3O2/c16-10-4-3-9(8-11(10)17)20-7-5-13(15(20)22)19-14(21)12-2-1-6-18-12/h3-4,8,12-13,18H,1-2,5-7H2,(H,19,21). The summed E-state index contributed by atoms with van der Waals surface area (Å²) in [6, 6.07) is 3.51. The molecule has 5 nitrogen and oxygen atoms in total. The van der Waals surface area contributed by atoms with Crippen molar-refractivity contribution in [1.82, 2.24) is 10.6 Å². The van der Waals surface area contributed by atoms with Crippen molar-refractivity contribution in [2.75, 3.05) is 18.0 Å². The zero-order valence-electron chi connectivity index (χ0n) is 11.9. The second-order valence-electron chi connectivity index (χ2n) is 5.59. The van der Waals surface area contributed by atoms with Crippen LogP contribution in [-0.4, -0.2) is 37.0 Å². The van der Waals surface area contributed by atoms with E-state index in [4.69, 9.17) is 11.6 Å². The van der Waals surface area contributed by atoms with Crippen LogP contribution in [0.15, 0.2) is 18.2 Å². The van der Waals surface area contributed by atoms with Gasteiger partial charge in [-0.3, -0.25) is 9.59 Å². The molecule has 2 amide bonds. The average molecular weight is 326 g/mol. The fourth-order valence-electron chi connectivity index (χ4n) is 2.90. The predicted molar refractivity (Wildman–Crippen MR) is 81.3 cm³/mol. The molecule has 7 heteroatoms. The Bertz CT molecular complexity index is 604. The Labute approximate surface area is 132 Å². The minimum atomic E-state index is -0.561. The summed E-state index contributed by atoms with van der Waals surface area (Å²) in [5, 5.41) is 5.91. The average Bonchev–Trinajstić information content (AvgIpc) is 3.13. The molecule has 0 aliphatic carbocycles. The lowest BCUT2D eigenvalue weighted by atomic mass is 10.2. The van der Waals surface area contributed by atoms with E-state index < -0.39 is 11.9 Å². The number of nitrogens with zero attached hydrogens (tertiary/aromatic N) is 1. The van der Waals surface area contributed by atoms with Crippen LogP contribution in [-0.2, 0) is 9.59 Å². The van der Waals surface area contributed by atoms with Gasteiger partial charge < -0.3 is 15.5 Å². The fraction of sp³-hybridized carbons (Fsp3) is 0.467. The molecule has 2 saturated heterocycles. The number of hydrogen-bond donors (Lipinski definition) is 2. The van der Waals surface area contributed by atoms with E-state index in [-0.39, 0.29) is 22.9 Å². The summed E-state index contributed by atoms with van der Waals surface area (Å²) >= 11 is 5.65. The highest BCUT2D eigenvalue weighted by Crippen LogP contribution is 2.25. The van der Waals surface area contributed by atoms with E-state index in [1.54, 1.807) is 6.07 Å². The van der Waals surface area contributed by atoms with Gasteiger partial charge in [0.1, 0.15) is 11.9 Å². The van der Waals surface area contributed by atoms with Crippen LogP contribution in [0.2, 0.25) is 5.02 Å². The molecule has 22 heavy (non-hydrogen) atoms. The predicted octanol–water partition coefficient (Wildman–Crippen LogP) is 1.45. The Morgan fingerprint density at radius 1 is 1.41 bits per heavy atom. The van der Waals surface area contributed by atoms with E-state index >= 15 is 0 Å². The number of benzene rings is 1. The van der Waals surface area contributed by atoms with Gasteiger partial charge in [-0.2, -0.15) is 0 Å². The summed E-state index contributed by atoms with van der Waals surface area (Å²) < 4.78 is 13.5. The van der Waals surface area contributed by atoms with E-state index in [0.717, 1.165) is 19.4 Å². The van der Waals surface area contributed by atoms with Crippen molar-refractivity contribution in [2.45, 2.75) is 31.3 Å². The molecule has 1 aromatic rings. The van der Waals surface area contributed by atoms with Crippen molar-refractivity contribution in [3.63, 3.8) is 0 Å². The van der Waals surface area contributed by atoms with Crippen molar-refractivity contribution in [1.29, 1.82) is 0 Å². The van der Waals surface area contributed by atoms with Gasteiger partial charge in [0.25, 0.3) is 0 Å². The minimum absolute atomic E-state index is 0.0209. The van der Waals surface area contributed by atoms with Crippen LogP contribution in [0.25, 0.3) is 0 Å². The highest BCUT2D eigenvalue weighted by Gasteiger charge is 2.35. The number of nitrogens with one attached hydrogen (secondary N) is 2. The molecule has 1 aromatic carbocycles. The van der Waals surface area contributed by atoms with Crippen LogP contribution >= 0.6 is 11.6 Å². The molecule has 2 aliphatic heterocycles. The quantitative estimate of drug-likeness (QED) is 0.884. The lowest BCUT2D eigenvalue weighted by Crippen LogP contribution is -2.48. The third-order valence-corrected chi connectivity index (χ3v) is 4.42. The third-order valence-electron chi connectivity index (χ3n) is 4.11. The van der Waals surface area contributed by atoms with Crippen molar-refractivity contribution in [3.8, 4) is 0 Å².